The van der Waals surface area contributed by atoms with Crippen molar-refractivity contribution in [2.45, 2.75) is 13.5 Å². The van der Waals surface area contributed by atoms with E-state index in [0.717, 1.165) is 5.56 Å². The number of ether oxygens (including phenoxy) is 2. The fraction of sp³-hybridized carbons (Fsp3) is 0.200. The van der Waals surface area contributed by atoms with Crippen LogP contribution >= 0.6 is 0 Å². The fourth-order valence-corrected chi connectivity index (χ4v) is 1.83. The molecular formula is C15H17N3O3. The predicted octanol–water partition coefficient (Wildman–Crippen LogP) is 2.15. The second-order valence-electron chi connectivity index (χ2n) is 4.16. The Hall–Kier alpha value is -2.76. The molecule has 6 nitrogen and oxygen atoms in total. The lowest BCUT2D eigenvalue weighted by atomic mass is 10.2. The van der Waals surface area contributed by atoms with E-state index in [1.54, 1.807) is 12.3 Å². The third-order valence-electron chi connectivity index (χ3n) is 2.77. The van der Waals surface area contributed by atoms with Crippen LogP contribution < -0.4 is 15.2 Å². The summed E-state index contributed by atoms with van der Waals surface area (Å²) in [5, 5.41) is 11.7. The number of nitrogens with two attached hydrogens (primary N) is 1. The smallest absolute Gasteiger partial charge is 0.189 e. The van der Waals surface area contributed by atoms with E-state index in [9.17, 15) is 0 Å². The van der Waals surface area contributed by atoms with Crippen LogP contribution in [0.1, 0.15) is 18.2 Å². The average Bonchev–Trinajstić information content (AvgIpc) is 2.54. The van der Waals surface area contributed by atoms with E-state index in [0.29, 0.717) is 23.8 Å². The van der Waals surface area contributed by atoms with Crippen LogP contribution in [0.5, 0.6) is 11.5 Å². The molecule has 6 heteroatoms. The lowest BCUT2D eigenvalue weighted by molar-refractivity contribution is 0.269. The number of benzene rings is 1. The Balaban J connectivity index is 2.17. The van der Waals surface area contributed by atoms with Gasteiger partial charge in [0.15, 0.2) is 17.3 Å². The number of rotatable bonds is 6. The monoisotopic (exact) mass is 287 g/mol. The van der Waals surface area contributed by atoms with Crippen LogP contribution in [0.2, 0.25) is 0 Å². The molecule has 0 bridgehead atoms. The minimum absolute atomic E-state index is 0.0488. The standard InChI is InChI=1S/C15H17N3O3/c1-2-20-12-7-3-4-8-13(12)21-10-11-6-5-9-17-14(11)15(16)18-19/h3-9,19H,2,10H2,1H3,(H2,16,18). The predicted molar refractivity (Wildman–Crippen MR) is 78.7 cm³/mol. The van der Waals surface area contributed by atoms with Crippen LogP contribution in [0, 0.1) is 0 Å². The van der Waals surface area contributed by atoms with Crippen LogP contribution in [-0.4, -0.2) is 22.6 Å². The van der Waals surface area contributed by atoms with Gasteiger partial charge in [0.05, 0.1) is 6.61 Å². The van der Waals surface area contributed by atoms with E-state index >= 15 is 0 Å². The number of para-hydroxylation sites is 2. The van der Waals surface area contributed by atoms with Crippen molar-refractivity contribution in [3.05, 3.63) is 53.9 Å². The molecule has 0 spiro atoms. The van der Waals surface area contributed by atoms with Gasteiger partial charge in [0, 0.05) is 11.8 Å². The molecule has 0 atom stereocenters. The van der Waals surface area contributed by atoms with Gasteiger partial charge in [-0.1, -0.05) is 23.4 Å². The van der Waals surface area contributed by atoms with Gasteiger partial charge in [-0.25, -0.2) is 0 Å². The third kappa shape index (κ3) is 3.62. The normalized spacial score (nSPS) is 11.2. The van der Waals surface area contributed by atoms with Gasteiger partial charge in [-0.05, 0) is 25.1 Å². The van der Waals surface area contributed by atoms with Crippen molar-refractivity contribution in [3.8, 4) is 11.5 Å². The van der Waals surface area contributed by atoms with Crippen molar-refractivity contribution in [2.24, 2.45) is 10.9 Å². The molecule has 0 aliphatic heterocycles. The van der Waals surface area contributed by atoms with Crippen LogP contribution in [0.25, 0.3) is 0 Å². The highest BCUT2D eigenvalue weighted by Crippen LogP contribution is 2.27. The fourth-order valence-electron chi connectivity index (χ4n) is 1.83. The van der Waals surface area contributed by atoms with Gasteiger partial charge in [0.25, 0.3) is 0 Å². The lowest BCUT2D eigenvalue weighted by Gasteiger charge is -2.12. The van der Waals surface area contributed by atoms with Gasteiger partial charge >= 0.3 is 0 Å². The van der Waals surface area contributed by atoms with Gasteiger partial charge in [-0.15, -0.1) is 0 Å². The molecule has 0 radical (unpaired) electrons. The average molecular weight is 287 g/mol. The number of hydrogen-bond donors (Lipinski definition) is 2. The van der Waals surface area contributed by atoms with Crippen molar-refractivity contribution < 1.29 is 14.7 Å². The quantitative estimate of drug-likeness (QED) is 0.368. The molecule has 2 aromatic rings. The molecule has 110 valence electrons. The van der Waals surface area contributed by atoms with Crippen molar-refractivity contribution in [3.63, 3.8) is 0 Å². The Morgan fingerprint density at radius 1 is 1.19 bits per heavy atom. The van der Waals surface area contributed by atoms with Gasteiger partial charge in [0.2, 0.25) is 0 Å². The molecule has 0 fully saturated rings. The molecule has 0 aliphatic carbocycles. The molecule has 21 heavy (non-hydrogen) atoms. The highest BCUT2D eigenvalue weighted by atomic mass is 16.5. The second-order valence-corrected chi connectivity index (χ2v) is 4.16. The molecule has 3 N–H and O–H groups in total. The molecule has 0 aliphatic rings. The van der Waals surface area contributed by atoms with Crippen LogP contribution in [0.4, 0.5) is 0 Å². The second kappa shape index (κ2) is 7.14. The Labute approximate surface area is 122 Å². The van der Waals surface area contributed by atoms with E-state index in [4.69, 9.17) is 20.4 Å². The maximum absolute atomic E-state index is 8.77. The zero-order chi connectivity index (χ0) is 15.1. The van der Waals surface area contributed by atoms with Crippen molar-refractivity contribution >= 4 is 5.84 Å². The molecular weight excluding hydrogens is 270 g/mol. The summed E-state index contributed by atoms with van der Waals surface area (Å²) in [7, 11) is 0. The summed E-state index contributed by atoms with van der Waals surface area (Å²) in [4.78, 5) is 4.09. The topological polar surface area (TPSA) is 90.0 Å². The first-order valence-electron chi connectivity index (χ1n) is 6.52. The Morgan fingerprint density at radius 3 is 2.57 bits per heavy atom. The van der Waals surface area contributed by atoms with E-state index < -0.39 is 0 Å². The summed E-state index contributed by atoms with van der Waals surface area (Å²) in [5.74, 6) is 1.26. The third-order valence-corrected chi connectivity index (χ3v) is 2.77. The Kier molecular flexibility index (Phi) is 4.98. The molecule has 0 amide bonds. The lowest BCUT2D eigenvalue weighted by Crippen LogP contribution is -2.18. The molecule has 0 unspecified atom stereocenters. The highest BCUT2D eigenvalue weighted by Gasteiger charge is 2.10. The van der Waals surface area contributed by atoms with Crippen LogP contribution in [0.3, 0.4) is 0 Å². The minimum Gasteiger partial charge on any atom is -0.490 e. The van der Waals surface area contributed by atoms with Gasteiger partial charge in [-0.2, -0.15) is 0 Å². The number of amidine groups is 1. The van der Waals surface area contributed by atoms with Crippen LogP contribution in [0.15, 0.2) is 47.8 Å². The summed E-state index contributed by atoms with van der Waals surface area (Å²) in [6.07, 6.45) is 1.57. The SMILES string of the molecule is CCOc1ccccc1OCc1cccnc1C(N)=NO. The summed E-state index contributed by atoms with van der Waals surface area (Å²) < 4.78 is 11.2. The van der Waals surface area contributed by atoms with Crippen LogP contribution in [-0.2, 0) is 6.61 Å². The summed E-state index contributed by atoms with van der Waals surface area (Å²) >= 11 is 0. The highest BCUT2D eigenvalue weighted by molar-refractivity contribution is 5.96. The van der Waals surface area contributed by atoms with E-state index in [-0.39, 0.29) is 12.4 Å². The van der Waals surface area contributed by atoms with E-state index in [2.05, 4.69) is 10.1 Å². The van der Waals surface area contributed by atoms with E-state index in [1.807, 2.05) is 37.3 Å². The molecule has 1 heterocycles. The van der Waals surface area contributed by atoms with E-state index in [1.165, 1.54) is 0 Å². The molecule has 1 aromatic carbocycles. The number of pyridine rings is 1. The maximum Gasteiger partial charge on any atom is 0.189 e. The summed E-state index contributed by atoms with van der Waals surface area (Å²) in [6, 6.07) is 11.0. The maximum atomic E-state index is 8.77. The van der Waals surface area contributed by atoms with Gasteiger partial charge < -0.3 is 20.4 Å². The first-order valence-corrected chi connectivity index (χ1v) is 6.52. The van der Waals surface area contributed by atoms with Gasteiger partial charge in [-0.3, -0.25) is 4.98 Å². The number of aromatic nitrogens is 1. The first-order chi connectivity index (χ1) is 10.3. The molecule has 0 saturated carbocycles. The first kappa shape index (κ1) is 14.6. The molecule has 1 aromatic heterocycles. The molecule has 0 saturated heterocycles. The zero-order valence-corrected chi connectivity index (χ0v) is 11.7. The minimum atomic E-state index is -0.0488. The van der Waals surface area contributed by atoms with Crippen molar-refractivity contribution in [1.29, 1.82) is 0 Å². The zero-order valence-electron chi connectivity index (χ0n) is 11.7. The van der Waals surface area contributed by atoms with Crippen molar-refractivity contribution in [2.75, 3.05) is 6.61 Å². The largest absolute Gasteiger partial charge is 0.490 e. The van der Waals surface area contributed by atoms with Gasteiger partial charge in [0.1, 0.15) is 12.3 Å². The summed E-state index contributed by atoms with van der Waals surface area (Å²) in [6.45, 7) is 2.71. The Bertz CT molecular complexity index is 629. The number of hydrogen-bond acceptors (Lipinski definition) is 5. The Morgan fingerprint density at radius 2 is 1.90 bits per heavy atom. The number of nitrogens with zero attached hydrogens (tertiary/aromatic N) is 2. The molecule has 2 rings (SSSR count). The number of oxime groups is 1. The van der Waals surface area contributed by atoms with Crippen molar-refractivity contribution in [1.82, 2.24) is 4.98 Å². The summed E-state index contributed by atoms with van der Waals surface area (Å²) in [5.41, 5.74) is 6.72.